The van der Waals surface area contributed by atoms with Crippen LogP contribution in [0.15, 0.2) is 52.4 Å². The first-order valence-corrected chi connectivity index (χ1v) is 13.3. The van der Waals surface area contributed by atoms with Crippen molar-refractivity contribution in [2.24, 2.45) is 9.98 Å². The molecule has 0 spiro atoms. The van der Waals surface area contributed by atoms with Gasteiger partial charge in [-0.2, -0.15) is 0 Å². The Labute approximate surface area is 251 Å². The summed E-state index contributed by atoms with van der Waals surface area (Å²) >= 11 is 0. The van der Waals surface area contributed by atoms with Crippen LogP contribution in [0.25, 0.3) is 0 Å². The van der Waals surface area contributed by atoms with E-state index in [0.717, 1.165) is 17.1 Å². The predicted molar refractivity (Wildman–Crippen MR) is 162 cm³/mol. The van der Waals surface area contributed by atoms with Crippen LogP contribution in [-0.4, -0.2) is 19.0 Å². The molecule has 0 bridgehead atoms. The summed E-state index contributed by atoms with van der Waals surface area (Å²) in [6, 6.07) is 14.2. The Kier molecular flexibility index (Phi) is 12.2. The predicted octanol–water partition coefficient (Wildman–Crippen LogP) is 7.85. The van der Waals surface area contributed by atoms with Gasteiger partial charge in [0.05, 0.1) is 24.2 Å². The van der Waals surface area contributed by atoms with E-state index in [9.17, 15) is 10.2 Å². The van der Waals surface area contributed by atoms with Gasteiger partial charge in [-0.05, 0) is 84.9 Å². The zero-order valence-corrected chi connectivity index (χ0v) is 27.0. The van der Waals surface area contributed by atoms with Crippen molar-refractivity contribution in [3.63, 3.8) is 0 Å². The standard InChI is InChI=1S/C19H22N2.C15H24O3.Ni/c1-13-8-6-9-14(2)18(13)20-12-17(5)21-19-15(3)10-7-11-16(19)4;1-14(2,3)9-8-10(18-7)11(15(4,5)6)13(17)12(9)16;/h6-12H,1-5H3;8,16-17H,1-7H3;/q;;+2/p-2. The fraction of sp³-hybridized carbons (Fsp3) is 0.412. The molecular weight excluding hydrogens is 543 g/mol. The van der Waals surface area contributed by atoms with Crippen molar-refractivity contribution >= 4 is 23.3 Å². The van der Waals surface area contributed by atoms with Crippen molar-refractivity contribution < 1.29 is 31.4 Å². The van der Waals surface area contributed by atoms with Crippen LogP contribution < -0.4 is 14.9 Å². The molecule has 0 fully saturated rings. The van der Waals surface area contributed by atoms with E-state index in [1.54, 1.807) is 6.07 Å². The number of rotatable bonds is 4. The van der Waals surface area contributed by atoms with E-state index < -0.39 is 16.9 Å². The average molecular weight is 587 g/mol. The van der Waals surface area contributed by atoms with Crippen molar-refractivity contribution in [2.45, 2.75) is 87.0 Å². The van der Waals surface area contributed by atoms with E-state index in [-0.39, 0.29) is 21.9 Å². The zero-order chi connectivity index (χ0) is 29.7. The molecule has 3 rings (SSSR count). The fourth-order valence-electron chi connectivity index (χ4n) is 4.40. The van der Waals surface area contributed by atoms with Crippen molar-refractivity contribution in [2.75, 3.05) is 7.11 Å². The number of para-hydroxylation sites is 2. The van der Waals surface area contributed by atoms with Gasteiger partial charge in [0.15, 0.2) is 0 Å². The number of aryl methyl sites for hydroxylation is 4. The molecule has 218 valence electrons. The molecule has 0 saturated carbocycles. The normalized spacial score (nSPS) is 12.1. The summed E-state index contributed by atoms with van der Waals surface area (Å²) in [6.07, 6.45) is 1.85. The SMILES string of the molecule is CC(C=Nc1c(C)cccc1C)=Nc1c(C)cccc1C.COc1cc(C(C)(C)C)c([O-])c([O-])c1C(C)(C)C.[Ni+2]. The van der Waals surface area contributed by atoms with E-state index in [1.807, 2.05) is 54.7 Å². The Morgan fingerprint density at radius 1 is 0.750 bits per heavy atom. The Balaban J connectivity index is 0.000000395. The van der Waals surface area contributed by atoms with Crippen LogP contribution in [0.3, 0.4) is 0 Å². The average Bonchev–Trinajstić information content (AvgIpc) is 2.81. The summed E-state index contributed by atoms with van der Waals surface area (Å²) in [5.41, 5.74) is 7.95. The summed E-state index contributed by atoms with van der Waals surface area (Å²) < 4.78 is 5.30. The van der Waals surface area contributed by atoms with Crippen LogP contribution >= 0.6 is 0 Å². The number of hydrogen-bond donors (Lipinski definition) is 0. The van der Waals surface area contributed by atoms with Crippen LogP contribution in [0.4, 0.5) is 11.4 Å². The summed E-state index contributed by atoms with van der Waals surface area (Å²) in [5.74, 6) is -0.336. The summed E-state index contributed by atoms with van der Waals surface area (Å²) in [6.45, 7) is 21.8. The Bertz CT molecular complexity index is 1340. The summed E-state index contributed by atoms with van der Waals surface area (Å²) in [5, 5.41) is 24.5. The molecule has 0 heterocycles. The van der Waals surface area contributed by atoms with E-state index in [2.05, 4.69) is 69.1 Å². The van der Waals surface area contributed by atoms with Gasteiger partial charge < -0.3 is 14.9 Å². The number of aliphatic imine (C=N–C) groups is 2. The third kappa shape index (κ3) is 8.70. The van der Waals surface area contributed by atoms with Crippen LogP contribution in [0, 0.1) is 27.7 Å². The molecule has 3 aromatic carbocycles. The van der Waals surface area contributed by atoms with Gasteiger partial charge in [0, 0.05) is 6.21 Å². The number of methoxy groups -OCH3 is 1. The molecule has 0 N–H and O–H groups in total. The third-order valence-electron chi connectivity index (χ3n) is 6.53. The molecule has 0 saturated heterocycles. The molecule has 0 amide bonds. The minimum Gasteiger partial charge on any atom is -0.873 e. The second-order valence-corrected chi connectivity index (χ2v) is 12.2. The summed E-state index contributed by atoms with van der Waals surface area (Å²) in [7, 11) is 1.53. The largest absolute Gasteiger partial charge is 2.00 e. The van der Waals surface area contributed by atoms with Gasteiger partial charge in [-0.25, -0.2) is 0 Å². The molecule has 5 nitrogen and oxygen atoms in total. The maximum atomic E-state index is 12.3. The van der Waals surface area contributed by atoms with Crippen molar-refractivity contribution in [3.05, 3.63) is 75.8 Å². The monoisotopic (exact) mass is 586 g/mol. The second kappa shape index (κ2) is 14.0. The maximum Gasteiger partial charge on any atom is 2.00 e. The van der Waals surface area contributed by atoms with Crippen molar-refractivity contribution in [1.82, 2.24) is 0 Å². The minimum absolute atomic E-state index is 0. The molecule has 0 atom stereocenters. The first kappa shape index (κ1) is 34.9. The van der Waals surface area contributed by atoms with E-state index in [1.165, 1.54) is 29.4 Å². The van der Waals surface area contributed by atoms with Crippen LogP contribution in [-0.2, 0) is 27.3 Å². The van der Waals surface area contributed by atoms with Gasteiger partial charge in [-0.1, -0.05) is 77.9 Å². The quantitative estimate of drug-likeness (QED) is 0.230. The first-order valence-electron chi connectivity index (χ1n) is 13.3. The molecule has 0 aliphatic rings. The van der Waals surface area contributed by atoms with Gasteiger partial charge in [0.2, 0.25) is 0 Å². The third-order valence-corrected chi connectivity index (χ3v) is 6.53. The van der Waals surface area contributed by atoms with Gasteiger partial charge in [0.25, 0.3) is 0 Å². The van der Waals surface area contributed by atoms with E-state index >= 15 is 0 Å². The number of nitrogens with zero attached hydrogens (tertiary/aromatic N) is 2. The Morgan fingerprint density at radius 3 is 1.60 bits per heavy atom. The van der Waals surface area contributed by atoms with Gasteiger partial charge in [-0.3, -0.25) is 9.98 Å². The molecule has 0 aliphatic heterocycles. The van der Waals surface area contributed by atoms with Crippen LogP contribution in [0.5, 0.6) is 17.2 Å². The summed E-state index contributed by atoms with van der Waals surface area (Å²) in [4.78, 5) is 9.30. The molecule has 40 heavy (non-hydrogen) atoms. The fourth-order valence-corrected chi connectivity index (χ4v) is 4.40. The smallest absolute Gasteiger partial charge is 0.873 e. The van der Waals surface area contributed by atoms with Crippen molar-refractivity contribution in [3.8, 4) is 17.2 Å². The van der Waals surface area contributed by atoms with Crippen molar-refractivity contribution in [1.29, 1.82) is 0 Å². The van der Waals surface area contributed by atoms with Gasteiger partial charge >= 0.3 is 16.5 Å². The number of benzene rings is 3. The Morgan fingerprint density at radius 2 is 1.20 bits per heavy atom. The maximum absolute atomic E-state index is 12.3. The van der Waals surface area contributed by atoms with Gasteiger partial charge in [-0.15, -0.1) is 11.5 Å². The minimum atomic E-state index is -0.438. The number of hydrogen-bond acceptors (Lipinski definition) is 5. The zero-order valence-electron chi connectivity index (χ0n) is 26.1. The topological polar surface area (TPSA) is 80.1 Å². The molecule has 6 heteroatoms. The first-order chi connectivity index (χ1) is 18.0. The molecule has 0 radical (unpaired) electrons. The van der Waals surface area contributed by atoms with Crippen LogP contribution in [0.2, 0.25) is 0 Å². The molecule has 3 aromatic rings. The van der Waals surface area contributed by atoms with E-state index in [4.69, 9.17) is 9.73 Å². The molecule has 0 aliphatic carbocycles. The molecular formula is C34H44N2NiO3. The van der Waals surface area contributed by atoms with Crippen LogP contribution in [0.1, 0.15) is 81.8 Å². The second-order valence-electron chi connectivity index (χ2n) is 12.2. The molecule has 0 aromatic heterocycles. The Hall–Kier alpha value is -3.11. The molecule has 0 unspecified atom stereocenters. The van der Waals surface area contributed by atoms with Gasteiger partial charge in [0.1, 0.15) is 5.75 Å². The van der Waals surface area contributed by atoms with E-state index in [0.29, 0.717) is 16.9 Å². The number of ether oxygens (including phenoxy) is 1.